The normalized spacial score (nSPS) is 14.7. The summed E-state index contributed by atoms with van der Waals surface area (Å²) < 4.78 is 10.1. The summed E-state index contributed by atoms with van der Waals surface area (Å²) in [7, 11) is 3.05. The van der Waals surface area contributed by atoms with E-state index in [0.717, 1.165) is 5.56 Å². The lowest BCUT2D eigenvalue weighted by atomic mass is 9.95. The zero-order chi connectivity index (χ0) is 16.8. The van der Waals surface area contributed by atoms with Crippen LogP contribution in [0.4, 0.5) is 0 Å². The Morgan fingerprint density at radius 1 is 1.27 bits per heavy atom. The van der Waals surface area contributed by atoms with Gasteiger partial charge in [-0.05, 0) is 31.5 Å². The number of nitrogens with one attached hydrogen (secondary N) is 1. The Bertz CT molecular complexity index is 514. The zero-order valence-corrected chi connectivity index (χ0v) is 13.4. The lowest BCUT2D eigenvalue weighted by molar-refractivity contribution is -0.139. The maximum atomic E-state index is 12.4. The molecule has 1 aromatic rings. The third-order valence-corrected chi connectivity index (χ3v) is 3.44. The summed E-state index contributed by atoms with van der Waals surface area (Å²) in [6.07, 6.45) is -0.206. The molecule has 0 aliphatic heterocycles. The second-order valence-electron chi connectivity index (χ2n) is 5.55. The quantitative estimate of drug-likeness (QED) is 0.765. The van der Waals surface area contributed by atoms with Crippen LogP contribution in [0.2, 0.25) is 0 Å². The topological polar surface area (TPSA) is 84.9 Å². The number of hydrogen-bond donors (Lipinski definition) is 2. The Hall–Kier alpha value is -2.08. The molecule has 1 aromatic carbocycles. The molecule has 0 aromatic heterocycles. The fourth-order valence-electron chi connectivity index (χ4n) is 2.23. The number of amides is 1. The van der Waals surface area contributed by atoms with Gasteiger partial charge in [-0.3, -0.25) is 9.59 Å². The summed E-state index contributed by atoms with van der Waals surface area (Å²) in [5.74, 6) is -0.926. The number of carbonyl (C=O) groups is 2. The van der Waals surface area contributed by atoms with Crippen LogP contribution in [0, 0.1) is 0 Å². The van der Waals surface area contributed by atoms with E-state index in [1.54, 1.807) is 33.1 Å². The van der Waals surface area contributed by atoms with Crippen LogP contribution in [-0.2, 0) is 14.3 Å². The first-order valence-corrected chi connectivity index (χ1v) is 6.98. The fraction of sp³-hybridized carbons (Fsp3) is 0.500. The molecule has 0 heterocycles. The minimum Gasteiger partial charge on any atom is -0.497 e. The maximum Gasteiger partial charge on any atom is 0.305 e. The summed E-state index contributed by atoms with van der Waals surface area (Å²) in [5.41, 5.74) is -0.119. The number of hydrogen-bond acceptors (Lipinski definition) is 4. The van der Waals surface area contributed by atoms with Crippen LogP contribution in [0.1, 0.15) is 31.7 Å². The van der Waals surface area contributed by atoms with Gasteiger partial charge in [0.15, 0.2) is 0 Å². The van der Waals surface area contributed by atoms with Gasteiger partial charge in [-0.1, -0.05) is 12.1 Å². The number of ether oxygens (including phenoxy) is 2. The Morgan fingerprint density at radius 3 is 2.32 bits per heavy atom. The second kappa shape index (κ2) is 7.79. The average Bonchev–Trinajstić information content (AvgIpc) is 2.45. The van der Waals surface area contributed by atoms with Crippen molar-refractivity contribution in [2.75, 3.05) is 20.8 Å². The number of carboxylic acid groups (broad SMARTS) is 1. The molecule has 0 spiro atoms. The number of carbonyl (C=O) groups excluding carboxylic acids is 1. The van der Waals surface area contributed by atoms with E-state index in [2.05, 4.69) is 5.32 Å². The molecule has 1 rings (SSSR count). The monoisotopic (exact) mass is 309 g/mol. The molecule has 2 atom stereocenters. The highest BCUT2D eigenvalue weighted by Crippen LogP contribution is 2.21. The van der Waals surface area contributed by atoms with Crippen molar-refractivity contribution in [3.8, 4) is 5.75 Å². The molecule has 0 radical (unpaired) electrons. The van der Waals surface area contributed by atoms with E-state index in [-0.39, 0.29) is 18.9 Å². The van der Waals surface area contributed by atoms with Gasteiger partial charge in [0.2, 0.25) is 5.91 Å². The van der Waals surface area contributed by atoms with Gasteiger partial charge in [0.05, 0.1) is 31.6 Å². The van der Waals surface area contributed by atoms with Crippen molar-refractivity contribution in [1.82, 2.24) is 5.32 Å². The average molecular weight is 309 g/mol. The first kappa shape index (κ1) is 18.0. The molecule has 0 aliphatic carbocycles. The van der Waals surface area contributed by atoms with E-state index in [0.29, 0.717) is 5.75 Å². The second-order valence-corrected chi connectivity index (χ2v) is 5.55. The number of carboxylic acids is 1. The first-order chi connectivity index (χ1) is 10.3. The van der Waals surface area contributed by atoms with Crippen molar-refractivity contribution < 1.29 is 24.2 Å². The predicted molar refractivity (Wildman–Crippen MR) is 82.1 cm³/mol. The summed E-state index contributed by atoms with van der Waals surface area (Å²) in [6.45, 7) is 3.55. The third kappa shape index (κ3) is 5.04. The first-order valence-electron chi connectivity index (χ1n) is 6.98. The molecule has 0 bridgehead atoms. The molecule has 2 unspecified atom stereocenters. The van der Waals surface area contributed by atoms with Gasteiger partial charge >= 0.3 is 5.97 Å². The van der Waals surface area contributed by atoms with E-state index < -0.39 is 17.4 Å². The van der Waals surface area contributed by atoms with Crippen LogP contribution in [0.15, 0.2) is 24.3 Å². The SMILES string of the molecule is COCC(C)(CC(=O)O)NC(=O)C(C)c1ccc(OC)cc1. The Balaban J connectivity index is 2.81. The fourth-order valence-corrected chi connectivity index (χ4v) is 2.23. The lowest BCUT2D eigenvalue weighted by Crippen LogP contribution is -2.51. The molecule has 122 valence electrons. The minimum atomic E-state index is -0.989. The molecule has 0 aliphatic rings. The number of methoxy groups -OCH3 is 2. The van der Waals surface area contributed by atoms with Crippen LogP contribution in [0.25, 0.3) is 0 Å². The Morgan fingerprint density at radius 2 is 1.86 bits per heavy atom. The van der Waals surface area contributed by atoms with Gasteiger partial charge in [0.25, 0.3) is 0 Å². The summed E-state index contributed by atoms with van der Waals surface area (Å²) in [4.78, 5) is 23.3. The van der Waals surface area contributed by atoms with Crippen molar-refractivity contribution in [2.24, 2.45) is 0 Å². The van der Waals surface area contributed by atoms with Crippen molar-refractivity contribution in [3.63, 3.8) is 0 Å². The van der Waals surface area contributed by atoms with Crippen molar-refractivity contribution >= 4 is 11.9 Å². The highest BCUT2D eigenvalue weighted by Gasteiger charge is 2.31. The summed E-state index contributed by atoms with van der Waals surface area (Å²) in [6, 6.07) is 7.19. The van der Waals surface area contributed by atoms with Gasteiger partial charge in [-0.25, -0.2) is 0 Å². The lowest BCUT2D eigenvalue weighted by Gasteiger charge is -2.30. The van der Waals surface area contributed by atoms with Crippen molar-refractivity contribution in [3.05, 3.63) is 29.8 Å². The molecule has 0 fully saturated rings. The van der Waals surface area contributed by atoms with E-state index in [9.17, 15) is 9.59 Å². The number of benzene rings is 1. The molecule has 1 amide bonds. The number of aliphatic carboxylic acids is 1. The Kier molecular flexibility index (Phi) is 6.37. The van der Waals surface area contributed by atoms with Gasteiger partial charge in [-0.15, -0.1) is 0 Å². The van der Waals surface area contributed by atoms with E-state index in [4.69, 9.17) is 14.6 Å². The van der Waals surface area contributed by atoms with Gasteiger partial charge in [0.1, 0.15) is 5.75 Å². The molecular weight excluding hydrogens is 286 g/mol. The molecule has 2 N–H and O–H groups in total. The molecule has 0 saturated heterocycles. The highest BCUT2D eigenvalue weighted by molar-refractivity contribution is 5.84. The van der Waals surface area contributed by atoms with E-state index in [1.807, 2.05) is 12.1 Å². The van der Waals surface area contributed by atoms with Crippen LogP contribution >= 0.6 is 0 Å². The molecule has 6 heteroatoms. The molecule has 0 saturated carbocycles. The largest absolute Gasteiger partial charge is 0.497 e. The van der Waals surface area contributed by atoms with E-state index >= 15 is 0 Å². The van der Waals surface area contributed by atoms with Gasteiger partial charge in [-0.2, -0.15) is 0 Å². The van der Waals surface area contributed by atoms with Crippen LogP contribution < -0.4 is 10.1 Å². The summed E-state index contributed by atoms with van der Waals surface area (Å²) in [5, 5.41) is 11.8. The van der Waals surface area contributed by atoms with Crippen LogP contribution in [0.3, 0.4) is 0 Å². The predicted octanol–water partition coefficient (Wildman–Crippen LogP) is 1.79. The van der Waals surface area contributed by atoms with E-state index in [1.165, 1.54) is 7.11 Å². The molecular formula is C16H23NO5. The zero-order valence-electron chi connectivity index (χ0n) is 13.4. The van der Waals surface area contributed by atoms with Crippen LogP contribution in [-0.4, -0.2) is 43.3 Å². The van der Waals surface area contributed by atoms with Crippen LogP contribution in [0.5, 0.6) is 5.75 Å². The molecule has 22 heavy (non-hydrogen) atoms. The maximum absolute atomic E-state index is 12.4. The smallest absolute Gasteiger partial charge is 0.305 e. The van der Waals surface area contributed by atoms with Crippen molar-refractivity contribution in [1.29, 1.82) is 0 Å². The minimum absolute atomic E-state index is 0.125. The summed E-state index contributed by atoms with van der Waals surface area (Å²) >= 11 is 0. The molecule has 6 nitrogen and oxygen atoms in total. The third-order valence-electron chi connectivity index (χ3n) is 3.44. The highest BCUT2D eigenvalue weighted by atomic mass is 16.5. The number of rotatable bonds is 8. The van der Waals surface area contributed by atoms with Crippen molar-refractivity contribution in [2.45, 2.75) is 31.7 Å². The standard InChI is InChI=1S/C16H23NO5/c1-11(12-5-7-13(22-4)8-6-12)15(20)17-16(2,10-21-3)9-14(18)19/h5-8,11H,9-10H2,1-4H3,(H,17,20)(H,18,19). The van der Waals surface area contributed by atoms with Gasteiger partial charge in [0, 0.05) is 7.11 Å². The Labute approximate surface area is 130 Å². The van der Waals surface area contributed by atoms with Gasteiger partial charge < -0.3 is 19.9 Å².